The second-order valence-corrected chi connectivity index (χ2v) is 7.23. The van der Waals surface area contributed by atoms with Gasteiger partial charge >= 0.3 is 0 Å². The first kappa shape index (κ1) is 18.6. The number of piperidine rings is 1. The highest BCUT2D eigenvalue weighted by molar-refractivity contribution is 5.78. The van der Waals surface area contributed by atoms with Crippen molar-refractivity contribution in [3.63, 3.8) is 0 Å². The number of aryl methyl sites for hydroxylation is 1. The lowest BCUT2D eigenvalue weighted by atomic mass is 10.0. The summed E-state index contributed by atoms with van der Waals surface area (Å²) in [6.07, 6.45) is 8.52. The maximum Gasteiger partial charge on any atom is 0.227 e. The summed E-state index contributed by atoms with van der Waals surface area (Å²) in [6.45, 7) is 3.25. The standard InChI is InChI=1S/C22H29N3O/c1-24(22(26)16-20-10-5-13-23-17-20)21-12-7-15-25(18-21)14-6-11-19-8-3-2-4-9-19/h2-5,8-10,13,17,21H,6-7,11-12,14-16,18H2,1H3. The largest absolute Gasteiger partial charge is 0.341 e. The van der Waals surface area contributed by atoms with Gasteiger partial charge in [0.1, 0.15) is 0 Å². The molecular weight excluding hydrogens is 322 g/mol. The van der Waals surface area contributed by atoms with E-state index in [0.717, 1.165) is 38.0 Å². The number of benzene rings is 1. The molecule has 1 atom stereocenters. The zero-order valence-electron chi connectivity index (χ0n) is 15.7. The van der Waals surface area contributed by atoms with Gasteiger partial charge in [0.2, 0.25) is 5.91 Å². The van der Waals surface area contributed by atoms with Crippen LogP contribution in [0, 0.1) is 0 Å². The van der Waals surface area contributed by atoms with Crippen molar-refractivity contribution in [2.24, 2.45) is 0 Å². The van der Waals surface area contributed by atoms with E-state index in [-0.39, 0.29) is 5.91 Å². The van der Waals surface area contributed by atoms with Gasteiger partial charge in [-0.3, -0.25) is 9.78 Å². The smallest absolute Gasteiger partial charge is 0.227 e. The van der Waals surface area contributed by atoms with E-state index in [1.807, 2.05) is 24.1 Å². The van der Waals surface area contributed by atoms with Crippen molar-refractivity contribution in [1.29, 1.82) is 0 Å². The van der Waals surface area contributed by atoms with Gasteiger partial charge in [-0.1, -0.05) is 36.4 Å². The molecule has 0 aliphatic carbocycles. The van der Waals surface area contributed by atoms with E-state index in [0.29, 0.717) is 12.5 Å². The van der Waals surface area contributed by atoms with E-state index in [2.05, 4.69) is 40.2 Å². The Labute approximate surface area is 156 Å². The van der Waals surface area contributed by atoms with Gasteiger partial charge in [0.05, 0.1) is 6.42 Å². The van der Waals surface area contributed by atoms with Crippen LogP contribution in [0.3, 0.4) is 0 Å². The van der Waals surface area contributed by atoms with Gasteiger partial charge in [0.25, 0.3) is 0 Å². The second kappa shape index (κ2) is 9.48. The van der Waals surface area contributed by atoms with Gasteiger partial charge in [-0.25, -0.2) is 0 Å². The third kappa shape index (κ3) is 5.40. The second-order valence-electron chi connectivity index (χ2n) is 7.23. The Balaban J connectivity index is 1.45. The minimum absolute atomic E-state index is 0.189. The molecule has 0 radical (unpaired) electrons. The summed E-state index contributed by atoms with van der Waals surface area (Å²) in [5.74, 6) is 0.189. The number of rotatable bonds is 7. The van der Waals surface area contributed by atoms with Crippen LogP contribution in [0.2, 0.25) is 0 Å². The molecule has 26 heavy (non-hydrogen) atoms. The van der Waals surface area contributed by atoms with Gasteiger partial charge in [-0.2, -0.15) is 0 Å². The highest BCUT2D eigenvalue weighted by Gasteiger charge is 2.25. The average molecular weight is 351 g/mol. The molecule has 1 amide bonds. The van der Waals surface area contributed by atoms with Crippen LogP contribution in [0.1, 0.15) is 30.4 Å². The Kier molecular flexibility index (Phi) is 6.78. The number of amides is 1. The number of likely N-dealkylation sites (tertiary alicyclic amines) is 1. The van der Waals surface area contributed by atoms with Crippen LogP contribution in [-0.4, -0.2) is 53.4 Å². The monoisotopic (exact) mass is 351 g/mol. The van der Waals surface area contributed by atoms with E-state index in [1.165, 1.54) is 18.4 Å². The molecule has 138 valence electrons. The minimum atomic E-state index is 0.189. The SMILES string of the molecule is CN(C(=O)Cc1cccnc1)C1CCCN(CCCc2ccccc2)C1. The average Bonchev–Trinajstić information content (AvgIpc) is 2.69. The Morgan fingerprint density at radius 3 is 2.77 bits per heavy atom. The number of pyridine rings is 1. The lowest BCUT2D eigenvalue weighted by Gasteiger charge is -2.37. The molecule has 1 aromatic heterocycles. The lowest BCUT2D eigenvalue weighted by Crippen LogP contribution is -2.49. The topological polar surface area (TPSA) is 36.4 Å². The third-order valence-electron chi connectivity index (χ3n) is 5.28. The molecule has 0 saturated carbocycles. The van der Waals surface area contributed by atoms with Crippen LogP contribution in [0.25, 0.3) is 0 Å². The van der Waals surface area contributed by atoms with E-state index in [4.69, 9.17) is 0 Å². The Morgan fingerprint density at radius 1 is 1.19 bits per heavy atom. The summed E-state index contributed by atoms with van der Waals surface area (Å²) in [5.41, 5.74) is 2.39. The zero-order chi connectivity index (χ0) is 18.2. The van der Waals surface area contributed by atoms with Crippen molar-refractivity contribution in [2.75, 3.05) is 26.7 Å². The summed E-state index contributed by atoms with van der Waals surface area (Å²) < 4.78 is 0. The molecule has 0 spiro atoms. The molecule has 4 nitrogen and oxygen atoms in total. The van der Waals surface area contributed by atoms with Gasteiger partial charge in [-0.05, 0) is 56.0 Å². The molecule has 1 fully saturated rings. The summed E-state index contributed by atoms with van der Waals surface area (Å²) in [7, 11) is 1.96. The summed E-state index contributed by atoms with van der Waals surface area (Å²) in [4.78, 5) is 21.2. The zero-order valence-corrected chi connectivity index (χ0v) is 15.7. The number of aromatic nitrogens is 1. The molecule has 0 N–H and O–H groups in total. The minimum Gasteiger partial charge on any atom is -0.341 e. The highest BCUT2D eigenvalue weighted by Crippen LogP contribution is 2.17. The van der Waals surface area contributed by atoms with Crippen LogP contribution >= 0.6 is 0 Å². The molecule has 2 heterocycles. The quantitative estimate of drug-likeness (QED) is 0.769. The fraction of sp³-hybridized carbons (Fsp3) is 0.455. The van der Waals surface area contributed by atoms with Crippen molar-refractivity contribution in [3.05, 3.63) is 66.0 Å². The van der Waals surface area contributed by atoms with Gasteiger partial charge in [0, 0.05) is 32.0 Å². The maximum atomic E-state index is 12.6. The van der Waals surface area contributed by atoms with Crippen molar-refractivity contribution in [1.82, 2.24) is 14.8 Å². The number of carbonyl (C=O) groups excluding carboxylic acids is 1. The first-order valence-corrected chi connectivity index (χ1v) is 9.63. The fourth-order valence-corrected chi connectivity index (χ4v) is 3.71. The number of nitrogens with zero attached hydrogens (tertiary/aromatic N) is 3. The van der Waals surface area contributed by atoms with Crippen LogP contribution < -0.4 is 0 Å². The van der Waals surface area contributed by atoms with Crippen LogP contribution in [-0.2, 0) is 17.6 Å². The molecule has 3 rings (SSSR count). The van der Waals surface area contributed by atoms with Crippen LogP contribution in [0.5, 0.6) is 0 Å². The third-order valence-corrected chi connectivity index (χ3v) is 5.28. The molecule has 1 unspecified atom stereocenters. The molecule has 0 bridgehead atoms. The first-order chi connectivity index (χ1) is 12.7. The van der Waals surface area contributed by atoms with Crippen molar-refractivity contribution in [2.45, 2.75) is 38.1 Å². The van der Waals surface area contributed by atoms with E-state index in [9.17, 15) is 4.79 Å². The van der Waals surface area contributed by atoms with Gasteiger partial charge in [-0.15, -0.1) is 0 Å². The molecule has 2 aromatic rings. The van der Waals surface area contributed by atoms with Gasteiger partial charge in [0.15, 0.2) is 0 Å². The van der Waals surface area contributed by atoms with Crippen LogP contribution in [0.15, 0.2) is 54.9 Å². The van der Waals surface area contributed by atoms with Crippen molar-refractivity contribution < 1.29 is 4.79 Å². The number of carbonyl (C=O) groups is 1. The Hall–Kier alpha value is -2.20. The molecule has 1 aromatic carbocycles. The first-order valence-electron chi connectivity index (χ1n) is 9.63. The van der Waals surface area contributed by atoms with Crippen molar-refractivity contribution in [3.8, 4) is 0 Å². The summed E-state index contributed by atoms with van der Waals surface area (Å²) in [5, 5.41) is 0. The molecule has 1 aliphatic rings. The molecular formula is C22H29N3O. The number of hydrogen-bond donors (Lipinski definition) is 0. The van der Waals surface area contributed by atoms with E-state index >= 15 is 0 Å². The fourth-order valence-electron chi connectivity index (χ4n) is 3.71. The highest BCUT2D eigenvalue weighted by atomic mass is 16.2. The van der Waals surface area contributed by atoms with Gasteiger partial charge < -0.3 is 9.80 Å². The molecule has 1 saturated heterocycles. The Morgan fingerprint density at radius 2 is 2.00 bits per heavy atom. The lowest BCUT2D eigenvalue weighted by molar-refractivity contribution is -0.132. The van der Waals surface area contributed by atoms with Crippen LogP contribution in [0.4, 0.5) is 0 Å². The van der Waals surface area contributed by atoms with E-state index < -0.39 is 0 Å². The normalized spacial score (nSPS) is 17.8. The molecule has 4 heteroatoms. The number of hydrogen-bond acceptors (Lipinski definition) is 3. The summed E-state index contributed by atoms with van der Waals surface area (Å²) in [6, 6.07) is 14.9. The van der Waals surface area contributed by atoms with E-state index in [1.54, 1.807) is 12.4 Å². The maximum absolute atomic E-state index is 12.6. The Bertz CT molecular complexity index is 674. The van der Waals surface area contributed by atoms with Crippen molar-refractivity contribution >= 4 is 5.91 Å². The predicted molar refractivity (Wildman–Crippen MR) is 105 cm³/mol. The molecule has 1 aliphatic heterocycles. The summed E-state index contributed by atoms with van der Waals surface area (Å²) >= 11 is 0. The predicted octanol–water partition coefficient (Wildman–Crippen LogP) is 3.18. The number of likely N-dealkylation sites (N-methyl/N-ethyl adjacent to an activating group) is 1.